The zero-order chi connectivity index (χ0) is 18.8. The van der Waals surface area contributed by atoms with Gasteiger partial charge in [0.2, 0.25) is 5.91 Å². The fourth-order valence-corrected chi connectivity index (χ4v) is 4.23. The van der Waals surface area contributed by atoms with E-state index < -0.39 is 0 Å². The van der Waals surface area contributed by atoms with Crippen LogP contribution in [0.2, 0.25) is 0 Å². The van der Waals surface area contributed by atoms with Gasteiger partial charge in [-0.15, -0.1) is 11.3 Å². The molecule has 1 N–H and O–H groups in total. The molecule has 0 radical (unpaired) electrons. The molecule has 1 amide bonds. The standard InChI is InChI=1S/C22H21N3OS/c1-15-7-5-8-16(2)21(15)22(24-20(26)13-17-9-6-12-27-17)18-14-23-19-10-3-4-11-25(18)19/h3-12,14,22H,13H2,1-2H3,(H,24,26). The average Bonchev–Trinajstić information content (AvgIpc) is 3.30. The summed E-state index contributed by atoms with van der Waals surface area (Å²) in [5.41, 5.74) is 5.27. The number of aryl methyl sites for hydroxylation is 2. The van der Waals surface area contributed by atoms with Crippen molar-refractivity contribution in [1.29, 1.82) is 0 Å². The number of nitrogens with one attached hydrogen (secondary N) is 1. The van der Waals surface area contributed by atoms with Gasteiger partial charge in [0.25, 0.3) is 0 Å². The second-order valence-corrected chi connectivity index (χ2v) is 7.71. The third-order valence-electron chi connectivity index (χ3n) is 4.79. The lowest BCUT2D eigenvalue weighted by atomic mass is 9.94. The van der Waals surface area contributed by atoms with Crippen LogP contribution in [0.25, 0.3) is 5.65 Å². The van der Waals surface area contributed by atoms with Gasteiger partial charge in [-0.1, -0.05) is 30.3 Å². The van der Waals surface area contributed by atoms with E-state index in [0.717, 1.165) is 32.9 Å². The summed E-state index contributed by atoms with van der Waals surface area (Å²) in [4.78, 5) is 18.4. The molecule has 4 nitrogen and oxygen atoms in total. The van der Waals surface area contributed by atoms with Crippen LogP contribution in [0.4, 0.5) is 0 Å². The van der Waals surface area contributed by atoms with Gasteiger partial charge >= 0.3 is 0 Å². The summed E-state index contributed by atoms with van der Waals surface area (Å²) in [5.74, 6) is 0.0102. The largest absolute Gasteiger partial charge is 0.343 e. The van der Waals surface area contributed by atoms with Gasteiger partial charge in [0.15, 0.2) is 0 Å². The van der Waals surface area contributed by atoms with Crippen LogP contribution in [0.5, 0.6) is 0 Å². The normalized spacial score (nSPS) is 12.2. The number of fused-ring (bicyclic) bond motifs is 1. The van der Waals surface area contributed by atoms with E-state index >= 15 is 0 Å². The predicted molar refractivity (Wildman–Crippen MR) is 109 cm³/mol. The Morgan fingerprint density at radius 2 is 1.93 bits per heavy atom. The second kappa shape index (κ2) is 7.37. The minimum atomic E-state index is -0.254. The Labute approximate surface area is 162 Å². The number of hydrogen-bond donors (Lipinski definition) is 1. The van der Waals surface area contributed by atoms with Gasteiger partial charge in [-0.25, -0.2) is 4.98 Å². The summed E-state index contributed by atoms with van der Waals surface area (Å²) in [5, 5.41) is 5.25. The van der Waals surface area contributed by atoms with Crippen molar-refractivity contribution in [3.63, 3.8) is 0 Å². The maximum Gasteiger partial charge on any atom is 0.226 e. The van der Waals surface area contributed by atoms with Gasteiger partial charge in [0.1, 0.15) is 5.65 Å². The molecule has 0 fully saturated rings. The Hall–Kier alpha value is -2.92. The molecular weight excluding hydrogens is 354 g/mol. The molecule has 3 aromatic heterocycles. The van der Waals surface area contributed by atoms with Crippen molar-refractivity contribution in [3.8, 4) is 0 Å². The Kier molecular flexibility index (Phi) is 4.77. The van der Waals surface area contributed by atoms with Crippen LogP contribution in [-0.4, -0.2) is 15.3 Å². The number of aromatic nitrogens is 2. The van der Waals surface area contributed by atoms with Crippen LogP contribution in [-0.2, 0) is 11.2 Å². The SMILES string of the molecule is Cc1cccc(C)c1C(NC(=O)Cc1cccs1)c1cnc2ccccn12. The van der Waals surface area contributed by atoms with Gasteiger partial charge in [-0.3, -0.25) is 4.79 Å². The molecule has 0 aliphatic rings. The molecule has 1 atom stereocenters. The summed E-state index contributed by atoms with van der Waals surface area (Å²) in [7, 11) is 0. The molecule has 27 heavy (non-hydrogen) atoms. The molecule has 0 saturated heterocycles. The van der Waals surface area contributed by atoms with Crippen LogP contribution in [0, 0.1) is 13.8 Å². The monoisotopic (exact) mass is 375 g/mol. The zero-order valence-corrected chi connectivity index (χ0v) is 16.2. The van der Waals surface area contributed by atoms with Gasteiger partial charge in [0.05, 0.1) is 24.4 Å². The molecular formula is C22H21N3OS. The Bertz CT molecular complexity index is 1060. The van der Waals surface area contributed by atoms with Gasteiger partial charge in [-0.2, -0.15) is 0 Å². The van der Waals surface area contributed by atoms with Gasteiger partial charge in [0, 0.05) is 11.1 Å². The van der Waals surface area contributed by atoms with E-state index in [1.54, 1.807) is 11.3 Å². The number of nitrogens with zero attached hydrogens (tertiary/aromatic N) is 2. The highest BCUT2D eigenvalue weighted by Gasteiger charge is 2.23. The number of rotatable bonds is 5. The molecule has 3 heterocycles. The third kappa shape index (κ3) is 3.51. The van der Waals surface area contributed by atoms with Crippen molar-refractivity contribution in [1.82, 2.24) is 14.7 Å². The topological polar surface area (TPSA) is 46.4 Å². The Balaban J connectivity index is 1.77. The van der Waals surface area contributed by atoms with Crippen LogP contribution in [0.3, 0.4) is 0 Å². The van der Waals surface area contributed by atoms with E-state index in [1.165, 1.54) is 0 Å². The Morgan fingerprint density at radius 1 is 1.11 bits per heavy atom. The number of carbonyl (C=O) groups is 1. The predicted octanol–water partition coefficient (Wildman–Crippen LogP) is 4.46. The van der Waals surface area contributed by atoms with E-state index in [-0.39, 0.29) is 11.9 Å². The fraction of sp³-hybridized carbons (Fsp3) is 0.182. The van der Waals surface area contributed by atoms with Crippen molar-refractivity contribution in [2.45, 2.75) is 26.3 Å². The minimum absolute atomic E-state index is 0.0102. The maximum atomic E-state index is 12.8. The highest BCUT2D eigenvalue weighted by Crippen LogP contribution is 2.28. The van der Waals surface area contributed by atoms with Crippen molar-refractivity contribution < 1.29 is 4.79 Å². The lowest BCUT2D eigenvalue weighted by molar-refractivity contribution is -0.120. The lowest BCUT2D eigenvalue weighted by Gasteiger charge is -2.23. The third-order valence-corrected chi connectivity index (χ3v) is 5.67. The molecule has 1 aromatic carbocycles. The lowest BCUT2D eigenvalue weighted by Crippen LogP contribution is -2.32. The summed E-state index contributed by atoms with van der Waals surface area (Å²) >= 11 is 1.60. The number of pyridine rings is 1. The molecule has 0 spiro atoms. The number of carbonyl (C=O) groups excluding carboxylic acids is 1. The van der Waals surface area contributed by atoms with E-state index in [0.29, 0.717) is 6.42 Å². The Morgan fingerprint density at radius 3 is 2.67 bits per heavy atom. The molecule has 5 heteroatoms. The maximum absolute atomic E-state index is 12.8. The zero-order valence-electron chi connectivity index (χ0n) is 15.3. The number of amides is 1. The first kappa shape index (κ1) is 17.5. The number of imidazole rings is 1. The van der Waals surface area contributed by atoms with Crippen LogP contribution >= 0.6 is 11.3 Å². The van der Waals surface area contributed by atoms with Crippen molar-refractivity contribution in [2.24, 2.45) is 0 Å². The molecule has 4 rings (SSSR count). The second-order valence-electron chi connectivity index (χ2n) is 6.67. The molecule has 1 unspecified atom stereocenters. The van der Waals surface area contributed by atoms with Crippen LogP contribution in [0.1, 0.15) is 33.3 Å². The first-order valence-electron chi connectivity index (χ1n) is 8.93. The minimum Gasteiger partial charge on any atom is -0.343 e. The molecule has 0 bridgehead atoms. The van der Waals surface area contributed by atoms with E-state index in [1.807, 2.05) is 58.6 Å². The van der Waals surface area contributed by atoms with Crippen molar-refractivity contribution >= 4 is 22.9 Å². The summed E-state index contributed by atoms with van der Waals surface area (Å²) in [6.45, 7) is 4.17. The van der Waals surface area contributed by atoms with Crippen molar-refractivity contribution in [3.05, 3.63) is 93.6 Å². The summed E-state index contributed by atoms with van der Waals surface area (Å²) in [6.07, 6.45) is 4.23. The summed E-state index contributed by atoms with van der Waals surface area (Å²) in [6, 6.07) is 15.9. The van der Waals surface area contributed by atoms with Gasteiger partial charge < -0.3 is 9.72 Å². The number of thiophene rings is 1. The molecule has 0 aliphatic carbocycles. The molecule has 0 aliphatic heterocycles. The van der Waals surface area contributed by atoms with E-state index in [4.69, 9.17) is 0 Å². The number of benzene rings is 1. The van der Waals surface area contributed by atoms with Crippen molar-refractivity contribution in [2.75, 3.05) is 0 Å². The van der Waals surface area contributed by atoms with Gasteiger partial charge in [-0.05, 0) is 54.1 Å². The van der Waals surface area contributed by atoms with Crippen LogP contribution in [0.15, 0.2) is 66.3 Å². The van der Waals surface area contributed by atoms with Crippen LogP contribution < -0.4 is 5.32 Å². The number of hydrogen-bond acceptors (Lipinski definition) is 3. The highest BCUT2D eigenvalue weighted by atomic mass is 32.1. The average molecular weight is 375 g/mol. The molecule has 136 valence electrons. The van der Waals surface area contributed by atoms with E-state index in [2.05, 4.69) is 36.3 Å². The fourth-order valence-electron chi connectivity index (χ4n) is 3.53. The summed E-state index contributed by atoms with van der Waals surface area (Å²) < 4.78 is 2.04. The quantitative estimate of drug-likeness (QED) is 0.560. The molecule has 4 aromatic rings. The smallest absolute Gasteiger partial charge is 0.226 e. The highest BCUT2D eigenvalue weighted by molar-refractivity contribution is 7.10. The van der Waals surface area contributed by atoms with E-state index in [9.17, 15) is 4.79 Å². The first-order valence-corrected chi connectivity index (χ1v) is 9.81. The molecule has 0 saturated carbocycles. The first-order chi connectivity index (χ1) is 13.1.